The van der Waals surface area contributed by atoms with Crippen molar-refractivity contribution in [2.75, 3.05) is 5.73 Å². The van der Waals surface area contributed by atoms with Gasteiger partial charge in [0.1, 0.15) is 0 Å². The second-order valence-corrected chi connectivity index (χ2v) is 6.82. The first-order valence-corrected chi connectivity index (χ1v) is 7.27. The van der Waals surface area contributed by atoms with Gasteiger partial charge in [-0.25, -0.2) is 4.98 Å². The Morgan fingerprint density at radius 3 is 2.95 bits per heavy atom. The largest absolute Gasteiger partial charge is 0.369 e. The molecule has 1 aromatic carbocycles. The van der Waals surface area contributed by atoms with Crippen LogP contribution in [0.25, 0.3) is 11.0 Å². The highest BCUT2D eigenvalue weighted by Crippen LogP contribution is 2.42. The molecule has 1 aliphatic rings. The maximum atomic E-state index is 6.13. The summed E-state index contributed by atoms with van der Waals surface area (Å²) in [6, 6.07) is 6.28. The third-order valence-electron chi connectivity index (χ3n) is 4.22. The van der Waals surface area contributed by atoms with Crippen LogP contribution >= 0.6 is 11.6 Å². The molecule has 0 bridgehead atoms. The molecule has 2 aromatic rings. The van der Waals surface area contributed by atoms with Crippen molar-refractivity contribution in [1.29, 1.82) is 0 Å². The van der Waals surface area contributed by atoms with E-state index in [1.807, 2.05) is 18.2 Å². The van der Waals surface area contributed by atoms with Gasteiger partial charge in [0.25, 0.3) is 0 Å². The monoisotopic (exact) mass is 277 g/mol. The van der Waals surface area contributed by atoms with E-state index in [2.05, 4.69) is 23.4 Å². The van der Waals surface area contributed by atoms with Crippen LogP contribution in [0.15, 0.2) is 18.2 Å². The molecule has 19 heavy (non-hydrogen) atoms. The Balaban J connectivity index is 2.07. The third-order valence-corrected chi connectivity index (χ3v) is 4.46. The van der Waals surface area contributed by atoms with Crippen LogP contribution in [0.5, 0.6) is 0 Å². The number of nitrogens with zero attached hydrogens (tertiary/aromatic N) is 2. The summed E-state index contributed by atoms with van der Waals surface area (Å²) in [4.78, 5) is 4.45. The number of hydrogen-bond acceptors (Lipinski definition) is 2. The minimum Gasteiger partial charge on any atom is -0.369 e. The lowest BCUT2D eigenvalue weighted by Gasteiger charge is -2.36. The summed E-state index contributed by atoms with van der Waals surface area (Å²) in [6.07, 6.45) is 4.89. The van der Waals surface area contributed by atoms with Gasteiger partial charge >= 0.3 is 0 Å². The lowest BCUT2D eigenvalue weighted by Crippen LogP contribution is -2.25. The lowest BCUT2D eigenvalue weighted by atomic mass is 9.75. The van der Waals surface area contributed by atoms with Crippen molar-refractivity contribution in [3.63, 3.8) is 0 Å². The van der Waals surface area contributed by atoms with Gasteiger partial charge in [-0.1, -0.05) is 31.9 Å². The minimum atomic E-state index is 0.387. The van der Waals surface area contributed by atoms with E-state index >= 15 is 0 Å². The molecule has 102 valence electrons. The molecule has 0 aliphatic heterocycles. The smallest absolute Gasteiger partial charge is 0.201 e. The van der Waals surface area contributed by atoms with Crippen molar-refractivity contribution < 1.29 is 0 Å². The fourth-order valence-electron chi connectivity index (χ4n) is 3.35. The Kier molecular flexibility index (Phi) is 2.97. The van der Waals surface area contributed by atoms with Crippen LogP contribution < -0.4 is 5.73 Å². The van der Waals surface area contributed by atoms with Crippen molar-refractivity contribution in [3.05, 3.63) is 23.2 Å². The third kappa shape index (κ3) is 2.32. The zero-order valence-corrected chi connectivity index (χ0v) is 12.2. The number of imidazole rings is 1. The van der Waals surface area contributed by atoms with Crippen LogP contribution in [-0.2, 0) is 0 Å². The zero-order chi connectivity index (χ0) is 13.6. The number of hydrogen-bond donors (Lipinski definition) is 1. The summed E-state index contributed by atoms with van der Waals surface area (Å²) in [6.45, 7) is 4.68. The molecule has 1 saturated carbocycles. The normalized spacial score (nSPS) is 22.8. The standard InChI is InChI=1S/C15H20ClN3/c1-15(2)7-3-4-11(9-15)19-13-6-5-10(16)8-12(13)18-14(19)17/h5-6,8,11H,3-4,7,9H2,1-2H3,(H2,17,18). The SMILES string of the molecule is CC1(C)CCCC(n2c(N)nc3cc(Cl)ccc32)C1. The molecule has 0 amide bonds. The molecular formula is C15H20ClN3. The number of nitrogens with two attached hydrogens (primary N) is 1. The van der Waals surface area contributed by atoms with Crippen molar-refractivity contribution in [2.45, 2.75) is 45.6 Å². The summed E-state index contributed by atoms with van der Waals surface area (Å²) in [5.41, 5.74) is 8.52. The molecule has 3 rings (SSSR count). The molecule has 4 heteroatoms. The molecule has 1 aliphatic carbocycles. The van der Waals surface area contributed by atoms with Gasteiger partial charge in [-0.15, -0.1) is 0 Å². The molecule has 1 unspecified atom stereocenters. The number of halogens is 1. The van der Waals surface area contributed by atoms with E-state index in [0.717, 1.165) is 17.5 Å². The molecule has 0 saturated heterocycles. The number of nitrogen functional groups attached to an aromatic ring is 1. The minimum absolute atomic E-state index is 0.387. The topological polar surface area (TPSA) is 43.8 Å². The Hall–Kier alpha value is -1.22. The van der Waals surface area contributed by atoms with Crippen LogP contribution in [-0.4, -0.2) is 9.55 Å². The van der Waals surface area contributed by atoms with Gasteiger partial charge in [0.05, 0.1) is 11.0 Å². The van der Waals surface area contributed by atoms with Crippen molar-refractivity contribution in [2.24, 2.45) is 5.41 Å². The van der Waals surface area contributed by atoms with E-state index in [9.17, 15) is 0 Å². The quantitative estimate of drug-likeness (QED) is 0.839. The Bertz CT molecular complexity index is 615. The number of aromatic nitrogens is 2. The molecule has 1 heterocycles. The molecule has 1 aromatic heterocycles. The Labute approximate surface area is 118 Å². The van der Waals surface area contributed by atoms with Gasteiger partial charge in [-0.05, 0) is 42.9 Å². The van der Waals surface area contributed by atoms with Gasteiger partial charge in [0.15, 0.2) is 0 Å². The van der Waals surface area contributed by atoms with Crippen LogP contribution in [0, 0.1) is 5.41 Å². The van der Waals surface area contributed by atoms with Crippen LogP contribution in [0.3, 0.4) is 0 Å². The fourth-order valence-corrected chi connectivity index (χ4v) is 3.52. The summed E-state index contributed by atoms with van der Waals surface area (Å²) < 4.78 is 2.20. The predicted molar refractivity (Wildman–Crippen MR) is 80.4 cm³/mol. The summed E-state index contributed by atoms with van der Waals surface area (Å²) in [5, 5.41) is 0.709. The lowest BCUT2D eigenvalue weighted by molar-refractivity contribution is 0.187. The van der Waals surface area contributed by atoms with Crippen LogP contribution in [0.4, 0.5) is 5.95 Å². The number of rotatable bonds is 1. The average molecular weight is 278 g/mol. The highest BCUT2D eigenvalue weighted by molar-refractivity contribution is 6.31. The Morgan fingerprint density at radius 2 is 2.21 bits per heavy atom. The van der Waals surface area contributed by atoms with Crippen molar-refractivity contribution in [1.82, 2.24) is 9.55 Å². The Morgan fingerprint density at radius 1 is 1.42 bits per heavy atom. The van der Waals surface area contributed by atoms with E-state index < -0.39 is 0 Å². The average Bonchev–Trinajstić information content (AvgIpc) is 2.62. The van der Waals surface area contributed by atoms with E-state index in [-0.39, 0.29) is 0 Å². The van der Waals surface area contributed by atoms with E-state index in [1.165, 1.54) is 19.3 Å². The maximum Gasteiger partial charge on any atom is 0.201 e. The second kappa shape index (κ2) is 4.41. The first-order chi connectivity index (χ1) is 8.96. The highest BCUT2D eigenvalue weighted by Gasteiger charge is 2.30. The van der Waals surface area contributed by atoms with Crippen molar-refractivity contribution in [3.8, 4) is 0 Å². The molecule has 2 N–H and O–H groups in total. The molecule has 0 spiro atoms. The predicted octanol–water partition coefficient (Wildman–Crippen LogP) is 4.41. The highest BCUT2D eigenvalue weighted by atomic mass is 35.5. The van der Waals surface area contributed by atoms with Crippen LogP contribution in [0.1, 0.15) is 45.6 Å². The van der Waals surface area contributed by atoms with E-state index in [1.54, 1.807) is 0 Å². The van der Waals surface area contributed by atoms with Gasteiger partial charge in [-0.3, -0.25) is 0 Å². The van der Waals surface area contributed by atoms with Gasteiger partial charge < -0.3 is 10.3 Å². The number of benzene rings is 1. The van der Waals surface area contributed by atoms with Gasteiger partial charge in [0, 0.05) is 11.1 Å². The fraction of sp³-hybridized carbons (Fsp3) is 0.533. The summed E-state index contributed by atoms with van der Waals surface area (Å²) in [5.74, 6) is 0.611. The molecule has 0 radical (unpaired) electrons. The first-order valence-electron chi connectivity index (χ1n) is 6.89. The maximum absolute atomic E-state index is 6.13. The zero-order valence-electron chi connectivity index (χ0n) is 11.5. The molecule has 1 fully saturated rings. The van der Waals surface area contributed by atoms with Gasteiger partial charge in [-0.2, -0.15) is 0 Å². The van der Waals surface area contributed by atoms with Crippen LogP contribution in [0.2, 0.25) is 5.02 Å². The van der Waals surface area contributed by atoms with Crippen molar-refractivity contribution >= 4 is 28.6 Å². The van der Waals surface area contributed by atoms with E-state index in [0.29, 0.717) is 22.4 Å². The number of anilines is 1. The molecular weight excluding hydrogens is 258 g/mol. The van der Waals surface area contributed by atoms with E-state index in [4.69, 9.17) is 17.3 Å². The summed E-state index contributed by atoms with van der Waals surface area (Å²) in [7, 11) is 0. The first kappa shape index (κ1) is 12.8. The second-order valence-electron chi connectivity index (χ2n) is 6.39. The number of fused-ring (bicyclic) bond motifs is 1. The summed E-state index contributed by atoms with van der Waals surface area (Å²) >= 11 is 6.02. The molecule has 3 nitrogen and oxygen atoms in total. The van der Waals surface area contributed by atoms with Gasteiger partial charge in [0.2, 0.25) is 5.95 Å². The molecule has 1 atom stereocenters.